The lowest BCUT2D eigenvalue weighted by Gasteiger charge is -2.13. The average molecular weight is 326 g/mol. The number of para-hydroxylation sites is 2. The normalized spacial score (nSPS) is 14.4. The van der Waals surface area contributed by atoms with E-state index in [0.717, 1.165) is 18.5 Å². The van der Waals surface area contributed by atoms with E-state index in [1.165, 1.54) is 12.8 Å². The van der Waals surface area contributed by atoms with Crippen LogP contribution >= 0.6 is 0 Å². The molecule has 1 amide bonds. The molecule has 1 fully saturated rings. The summed E-state index contributed by atoms with van der Waals surface area (Å²) < 4.78 is 5.33. The maximum Gasteiger partial charge on any atom is 0.270 e. The lowest BCUT2D eigenvalue weighted by molar-refractivity contribution is 0.0932. The Kier molecular flexibility index (Phi) is 4.93. The van der Waals surface area contributed by atoms with Gasteiger partial charge >= 0.3 is 0 Å². The van der Waals surface area contributed by atoms with Crippen molar-refractivity contribution in [3.63, 3.8) is 0 Å². The first kappa shape index (κ1) is 16.2. The highest BCUT2D eigenvalue weighted by Gasteiger charge is 2.19. The van der Waals surface area contributed by atoms with Gasteiger partial charge in [0.25, 0.3) is 5.91 Å². The van der Waals surface area contributed by atoms with Gasteiger partial charge in [0, 0.05) is 12.1 Å². The van der Waals surface area contributed by atoms with Crippen LogP contribution in [0.1, 0.15) is 42.0 Å². The highest BCUT2D eigenvalue weighted by atomic mass is 16.5. The van der Waals surface area contributed by atoms with Gasteiger partial charge in [0.1, 0.15) is 23.1 Å². The summed E-state index contributed by atoms with van der Waals surface area (Å²) in [5.74, 6) is 1.69. The zero-order valence-electron chi connectivity index (χ0n) is 14.0. The van der Waals surface area contributed by atoms with Crippen molar-refractivity contribution in [2.45, 2.75) is 38.6 Å². The third-order valence-electron chi connectivity index (χ3n) is 4.13. The number of amides is 1. The SMILES string of the molecule is COc1ccccc1Nc1cc(C(=O)NC2CCCC2)nc(C)n1. The maximum absolute atomic E-state index is 12.4. The van der Waals surface area contributed by atoms with Crippen molar-refractivity contribution in [2.75, 3.05) is 12.4 Å². The maximum atomic E-state index is 12.4. The second-order valence-electron chi connectivity index (χ2n) is 5.97. The Morgan fingerprint density at radius 3 is 2.71 bits per heavy atom. The molecule has 1 aromatic heterocycles. The van der Waals surface area contributed by atoms with Crippen molar-refractivity contribution in [1.82, 2.24) is 15.3 Å². The minimum absolute atomic E-state index is 0.143. The van der Waals surface area contributed by atoms with Gasteiger partial charge in [-0.1, -0.05) is 25.0 Å². The van der Waals surface area contributed by atoms with Crippen LogP contribution in [-0.2, 0) is 0 Å². The third kappa shape index (κ3) is 3.82. The Hall–Kier alpha value is -2.63. The molecule has 1 aromatic carbocycles. The number of carbonyl (C=O) groups excluding carboxylic acids is 1. The molecule has 1 saturated carbocycles. The van der Waals surface area contributed by atoms with Gasteiger partial charge in [0.15, 0.2) is 0 Å². The summed E-state index contributed by atoms with van der Waals surface area (Å²) in [7, 11) is 1.62. The second kappa shape index (κ2) is 7.29. The smallest absolute Gasteiger partial charge is 0.270 e. The van der Waals surface area contributed by atoms with E-state index in [1.54, 1.807) is 20.1 Å². The fourth-order valence-corrected chi connectivity index (χ4v) is 2.96. The van der Waals surface area contributed by atoms with Crippen LogP contribution < -0.4 is 15.4 Å². The first-order valence-electron chi connectivity index (χ1n) is 8.22. The predicted octanol–water partition coefficient (Wildman–Crippen LogP) is 3.21. The largest absolute Gasteiger partial charge is 0.495 e. The van der Waals surface area contributed by atoms with Crippen molar-refractivity contribution in [2.24, 2.45) is 0 Å². The minimum atomic E-state index is -0.143. The van der Waals surface area contributed by atoms with Crippen molar-refractivity contribution in [1.29, 1.82) is 0 Å². The van der Waals surface area contributed by atoms with Gasteiger partial charge in [-0.15, -0.1) is 0 Å². The highest BCUT2D eigenvalue weighted by Crippen LogP contribution is 2.26. The number of hydrogen-bond acceptors (Lipinski definition) is 5. The Morgan fingerprint density at radius 2 is 1.96 bits per heavy atom. The molecule has 0 bridgehead atoms. The molecule has 0 atom stereocenters. The number of hydrogen-bond donors (Lipinski definition) is 2. The average Bonchev–Trinajstić information content (AvgIpc) is 3.08. The quantitative estimate of drug-likeness (QED) is 0.882. The molecule has 6 heteroatoms. The fourth-order valence-electron chi connectivity index (χ4n) is 2.96. The van der Waals surface area contributed by atoms with Crippen LogP contribution in [-0.4, -0.2) is 29.0 Å². The Bertz CT molecular complexity index is 727. The number of carbonyl (C=O) groups is 1. The van der Waals surface area contributed by atoms with E-state index in [2.05, 4.69) is 20.6 Å². The molecule has 6 nitrogen and oxygen atoms in total. The number of methoxy groups -OCH3 is 1. The lowest BCUT2D eigenvalue weighted by atomic mass is 10.2. The fraction of sp³-hybridized carbons (Fsp3) is 0.389. The first-order valence-corrected chi connectivity index (χ1v) is 8.22. The molecule has 1 aliphatic rings. The minimum Gasteiger partial charge on any atom is -0.495 e. The zero-order chi connectivity index (χ0) is 16.9. The molecule has 24 heavy (non-hydrogen) atoms. The van der Waals surface area contributed by atoms with E-state index in [1.807, 2.05) is 24.3 Å². The standard InChI is InChI=1S/C18H22N4O2/c1-12-19-15(18(23)21-13-7-3-4-8-13)11-17(20-12)22-14-9-5-6-10-16(14)24-2/h5-6,9-11,13H,3-4,7-8H2,1-2H3,(H,21,23)(H,19,20,22). The van der Waals surface area contributed by atoms with Crippen LogP contribution in [0.5, 0.6) is 5.75 Å². The van der Waals surface area contributed by atoms with Gasteiger partial charge in [0.05, 0.1) is 12.8 Å². The molecule has 2 aromatic rings. The van der Waals surface area contributed by atoms with Gasteiger partial charge < -0.3 is 15.4 Å². The van der Waals surface area contributed by atoms with E-state index in [-0.39, 0.29) is 11.9 Å². The zero-order valence-corrected chi connectivity index (χ0v) is 14.0. The number of rotatable bonds is 5. The Morgan fingerprint density at radius 1 is 1.21 bits per heavy atom. The van der Waals surface area contributed by atoms with E-state index in [0.29, 0.717) is 23.1 Å². The van der Waals surface area contributed by atoms with Crippen LogP contribution in [0.25, 0.3) is 0 Å². The first-order chi connectivity index (χ1) is 11.7. The van der Waals surface area contributed by atoms with E-state index in [4.69, 9.17) is 4.74 Å². The van der Waals surface area contributed by atoms with Gasteiger partial charge in [-0.2, -0.15) is 0 Å². The summed E-state index contributed by atoms with van der Waals surface area (Å²) in [6, 6.07) is 9.50. The van der Waals surface area contributed by atoms with E-state index in [9.17, 15) is 4.79 Å². The van der Waals surface area contributed by atoms with Crippen molar-refractivity contribution >= 4 is 17.4 Å². The highest BCUT2D eigenvalue weighted by molar-refractivity contribution is 5.93. The number of anilines is 2. The van der Waals surface area contributed by atoms with Gasteiger partial charge in [0.2, 0.25) is 0 Å². The van der Waals surface area contributed by atoms with Crippen LogP contribution in [0.4, 0.5) is 11.5 Å². The number of ether oxygens (including phenoxy) is 1. The molecule has 0 spiro atoms. The van der Waals surface area contributed by atoms with Gasteiger partial charge in [-0.05, 0) is 31.9 Å². The molecule has 0 aliphatic heterocycles. The number of aryl methyl sites for hydroxylation is 1. The third-order valence-corrected chi connectivity index (χ3v) is 4.13. The molecule has 0 saturated heterocycles. The molecule has 126 valence electrons. The molecule has 1 aliphatic carbocycles. The summed E-state index contributed by atoms with van der Waals surface area (Å²) in [6.07, 6.45) is 4.44. The van der Waals surface area contributed by atoms with Gasteiger partial charge in [-0.25, -0.2) is 9.97 Å². The van der Waals surface area contributed by atoms with E-state index < -0.39 is 0 Å². The molecule has 2 N–H and O–H groups in total. The second-order valence-corrected chi connectivity index (χ2v) is 5.97. The topological polar surface area (TPSA) is 76.1 Å². The summed E-state index contributed by atoms with van der Waals surface area (Å²) in [6.45, 7) is 1.78. The summed E-state index contributed by atoms with van der Waals surface area (Å²) >= 11 is 0. The summed E-state index contributed by atoms with van der Waals surface area (Å²) in [5.41, 5.74) is 1.17. The van der Waals surface area contributed by atoms with Crippen LogP contribution in [0.15, 0.2) is 30.3 Å². The summed E-state index contributed by atoms with van der Waals surface area (Å²) in [4.78, 5) is 21.1. The Labute approximate surface area is 141 Å². The number of benzene rings is 1. The van der Waals surface area contributed by atoms with Crippen molar-refractivity contribution in [3.05, 3.63) is 41.9 Å². The van der Waals surface area contributed by atoms with Crippen LogP contribution in [0, 0.1) is 6.92 Å². The number of nitrogens with zero attached hydrogens (tertiary/aromatic N) is 2. The number of aromatic nitrogens is 2. The molecule has 1 heterocycles. The summed E-state index contributed by atoms with van der Waals surface area (Å²) in [5, 5.41) is 6.25. The van der Waals surface area contributed by atoms with E-state index >= 15 is 0 Å². The van der Waals surface area contributed by atoms with Crippen molar-refractivity contribution < 1.29 is 9.53 Å². The molecular weight excluding hydrogens is 304 g/mol. The molecule has 0 radical (unpaired) electrons. The van der Waals surface area contributed by atoms with Gasteiger partial charge in [-0.3, -0.25) is 4.79 Å². The van der Waals surface area contributed by atoms with Crippen LogP contribution in [0.3, 0.4) is 0 Å². The lowest BCUT2D eigenvalue weighted by Crippen LogP contribution is -2.33. The number of nitrogens with one attached hydrogen (secondary N) is 2. The molecular formula is C18H22N4O2. The molecule has 3 rings (SSSR count). The monoisotopic (exact) mass is 326 g/mol. The predicted molar refractivity (Wildman–Crippen MR) is 92.8 cm³/mol. The van der Waals surface area contributed by atoms with Crippen molar-refractivity contribution in [3.8, 4) is 5.75 Å². The molecule has 0 unspecified atom stereocenters. The Balaban J connectivity index is 1.79. The van der Waals surface area contributed by atoms with Crippen LogP contribution in [0.2, 0.25) is 0 Å².